The normalized spacial score (nSPS) is 17.4. The van der Waals surface area contributed by atoms with Gasteiger partial charge in [0, 0.05) is 92.8 Å². The lowest BCUT2D eigenvalue weighted by Crippen LogP contribution is -2.39. The van der Waals surface area contributed by atoms with Crippen LogP contribution in [-0.2, 0) is 16.5 Å². The van der Waals surface area contributed by atoms with Crippen molar-refractivity contribution in [2.75, 3.05) is 26.4 Å². The highest BCUT2D eigenvalue weighted by Crippen LogP contribution is 2.32. The summed E-state index contributed by atoms with van der Waals surface area (Å²) < 4.78 is 19.9. The van der Waals surface area contributed by atoms with Crippen LogP contribution in [0.2, 0.25) is 0 Å². The van der Waals surface area contributed by atoms with Crippen LogP contribution in [0.1, 0.15) is 44.9 Å². The van der Waals surface area contributed by atoms with Crippen molar-refractivity contribution < 1.29 is 19.3 Å². The number of aromatic nitrogens is 3. The van der Waals surface area contributed by atoms with Crippen LogP contribution >= 0.6 is 0 Å². The maximum absolute atomic E-state index is 8.76. The van der Waals surface area contributed by atoms with Crippen molar-refractivity contribution in [1.29, 1.82) is 0 Å². The number of hydrogen-bond donors (Lipinski definition) is 1. The summed E-state index contributed by atoms with van der Waals surface area (Å²) in [5.41, 5.74) is 4.57. The predicted octanol–water partition coefficient (Wildman–Crippen LogP) is 5.67. The number of benzene rings is 1. The van der Waals surface area contributed by atoms with Gasteiger partial charge in [-0.1, -0.05) is 12.1 Å². The summed E-state index contributed by atoms with van der Waals surface area (Å²) in [7, 11) is 2.09. The van der Waals surface area contributed by atoms with E-state index in [9.17, 15) is 0 Å². The van der Waals surface area contributed by atoms with Crippen molar-refractivity contribution in [1.82, 2.24) is 14.5 Å². The number of unbranched alkanes of at least 4 members (excludes halogenated alkanes) is 3. The summed E-state index contributed by atoms with van der Waals surface area (Å²) >= 11 is 0. The van der Waals surface area contributed by atoms with Crippen molar-refractivity contribution in [3.63, 3.8) is 0 Å². The van der Waals surface area contributed by atoms with E-state index in [4.69, 9.17) is 19.3 Å². The molecule has 1 saturated carbocycles. The number of nitrogens with zero attached hydrogens (tertiary/aromatic N) is 3. The topological polar surface area (TPSA) is 78.6 Å². The summed E-state index contributed by atoms with van der Waals surface area (Å²) in [6.45, 7) is 2.62. The molecule has 1 aliphatic carbocycles. The molecule has 3 heterocycles. The number of fused-ring (bicyclic) bond motifs is 3. The van der Waals surface area contributed by atoms with Gasteiger partial charge in [0.15, 0.2) is 0 Å². The molecular weight excluding hydrogens is 466 g/mol. The van der Waals surface area contributed by atoms with E-state index in [-0.39, 0.29) is 18.8 Å². The SMILES string of the molecule is Cn1c2ccncc2c2ccc(-c3ccc(O[C@H]4C[C@H](OCCCCOCCCCCO)C4)nc3)cc21. The molecule has 196 valence electrons. The third-order valence-electron chi connectivity index (χ3n) is 7.20. The lowest BCUT2D eigenvalue weighted by atomic mass is 9.92. The van der Waals surface area contributed by atoms with Crippen LogP contribution in [0.15, 0.2) is 55.0 Å². The van der Waals surface area contributed by atoms with Gasteiger partial charge in [0.2, 0.25) is 5.88 Å². The number of aryl methyl sites for hydroxylation is 1. The Labute approximate surface area is 218 Å². The molecule has 1 fully saturated rings. The highest BCUT2D eigenvalue weighted by atomic mass is 16.5. The van der Waals surface area contributed by atoms with Crippen LogP contribution in [0, 0.1) is 0 Å². The maximum Gasteiger partial charge on any atom is 0.213 e. The van der Waals surface area contributed by atoms with Gasteiger partial charge in [-0.15, -0.1) is 0 Å². The minimum Gasteiger partial charge on any atom is -0.474 e. The first-order valence-corrected chi connectivity index (χ1v) is 13.5. The van der Waals surface area contributed by atoms with Crippen LogP contribution in [0.4, 0.5) is 0 Å². The first kappa shape index (κ1) is 25.6. The van der Waals surface area contributed by atoms with E-state index in [1.807, 2.05) is 24.7 Å². The zero-order valence-electron chi connectivity index (χ0n) is 21.6. The lowest BCUT2D eigenvalue weighted by Gasteiger charge is -2.34. The summed E-state index contributed by atoms with van der Waals surface area (Å²) in [5, 5.41) is 11.1. The molecule has 5 rings (SSSR count). The second-order valence-corrected chi connectivity index (χ2v) is 9.88. The highest BCUT2D eigenvalue weighted by molar-refractivity contribution is 6.08. The van der Waals surface area contributed by atoms with E-state index in [1.165, 1.54) is 21.8 Å². The molecule has 1 aromatic carbocycles. The average Bonchev–Trinajstić information content (AvgIpc) is 3.20. The van der Waals surface area contributed by atoms with Crippen LogP contribution in [0.3, 0.4) is 0 Å². The molecule has 0 bridgehead atoms. The average molecular weight is 504 g/mol. The number of aliphatic hydroxyl groups is 1. The Balaban J connectivity index is 1.03. The molecule has 1 N–H and O–H groups in total. The van der Waals surface area contributed by atoms with Gasteiger partial charge >= 0.3 is 0 Å². The Morgan fingerprint density at radius 3 is 2.46 bits per heavy atom. The molecule has 0 aliphatic heterocycles. The molecule has 3 aromatic heterocycles. The molecule has 1 aliphatic rings. The zero-order valence-corrected chi connectivity index (χ0v) is 21.6. The first-order valence-electron chi connectivity index (χ1n) is 13.5. The van der Waals surface area contributed by atoms with E-state index >= 15 is 0 Å². The van der Waals surface area contributed by atoms with Crippen LogP contribution in [0.5, 0.6) is 5.88 Å². The molecule has 0 unspecified atom stereocenters. The molecule has 0 amide bonds. The Morgan fingerprint density at radius 1 is 0.838 bits per heavy atom. The molecule has 0 radical (unpaired) electrons. The Bertz CT molecular complexity index is 1280. The van der Waals surface area contributed by atoms with Gasteiger partial charge in [-0.25, -0.2) is 4.98 Å². The maximum atomic E-state index is 8.76. The van der Waals surface area contributed by atoms with Gasteiger partial charge < -0.3 is 23.9 Å². The highest BCUT2D eigenvalue weighted by Gasteiger charge is 2.31. The van der Waals surface area contributed by atoms with Crippen molar-refractivity contribution in [2.45, 2.75) is 57.2 Å². The first-order chi connectivity index (χ1) is 18.2. The van der Waals surface area contributed by atoms with E-state index < -0.39 is 0 Å². The molecule has 0 atom stereocenters. The van der Waals surface area contributed by atoms with Crippen LogP contribution in [-0.4, -0.2) is 58.3 Å². The van der Waals surface area contributed by atoms with Gasteiger partial charge in [0.05, 0.1) is 11.6 Å². The van der Waals surface area contributed by atoms with E-state index in [1.54, 1.807) is 0 Å². The Hall–Kier alpha value is -3.00. The summed E-state index contributed by atoms with van der Waals surface area (Å²) in [6, 6.07) is 12.6. The van der Waals surface area contributed by atoms with Gasteiger partial charge in [-0.05, 0) is 55.9 Å². The fourth-order valence-electron chi connectivity index (χ4n) is 4.93. The number of hydrogen-bond acceptors (Lipinski definition) is 6. The summed E-state index contributed by atoms with van der Waals surface area (Å²) in [5.74, 6) is 0.667. The number of ether oxygens (including phenoxy) is 3. The smallest absolute Gasteiger partial charge is 0.213 e. The Morgan fingerprint density at radius 2 is 1.65 bits per heavy atom. The van der Waals surface area contributed by atoms with Crippen LogP contribution < -0.4 is 4.74 Å². The van der Waals surface area contributed by atoms with Gasteiger partial charge in [-0.2, -0.15) is 0 Å². The molecule has 0 saturated heterocycles. The fraction of sp³-hybridized carbons (Fsp3) is 0.467. The molecule has 7 nitrogen and oxygen atoms in total. The second-order valence-electron chi connectivity index (χ2n) is 9.88. The minimum atomic E-state index is 0.173. The van der Waals surface area contributed by atoms with Gasteiger partial charge in [0.25, 0.3) is 0 Å². The van der Waals surface area contributed by atoms with Crippen molar-refractivity contribution >= 4 is 21.8 Å². The van der Waals surface area contributed by atoms with Gasteiger partial charge in [-0.3, -0.25) is 4.98 Å². The summed E-state index contributed by atoms with van der Waals surface area (Å²) in [4.78, 5) is 8.86. The Kier molecular flexibility index (Phi) is 8.66. The van der Waals surface area contributed by atoms with E-state index in [0.29, 0.717) is 5.88 Å². The van der Waals surface area contributed by atoms with E-state index in [2.05, 4.69) is 51.9 Å². The summed E-state index contributed by atoms with van der Waals surface area (Å²) in [6.07, 6.45) is 12.9. The standard InChI is InChI=1S/C30H37N3O4/c1-33-28-11-12-31-21-27(28)26-9-7-22(17-29(26)33)23-8-10-30(32-20-23)37-25-18-24(19-25)36-16-6-5-15-35-14-4-2-3-13-34/h7-12,17,20-21,24-25,34H,2-6,13-16,18-19H2,1H3/t24-,25-. The molecule has 37 heavy (non-hydrogen) atoms. The molecule has 7 heteroatoms. The van der Waals surface area contributed by atoms with Crippen molar-refractivity contribution in [3.8, 4) is 17.0 Å². The second kappa shape index (κ2) is 12.5. The number of pyridine rings is 2. The minimum absolute atomic E-state index is 0.173. The number of rotatable bonds is 14. The van der Waals surface area contributed by atoms with Gasteiger partial charge in [0.1, 0.15) is 6.10 Å². The van der Waals surface area contributed by atoms with Crippen LogP contribution in [0.25, 0.3) is 32.9 Å². The predicted molar refractivity (Wildman–Crippen MR) is 146 cm³/mol. The third-order valence-corrected chi connectivity index (χ3v) is 7.20. The third kappa shape index (κ3) is 6.29. The zero-order chi connectivity index (χ0) is 25.5. The van der Waals surface area contributed by atoms with Crippen molar-refractivity contribution in [2.24, 2.45) is 7.05 Å². The lowest BCUT2D eigenvalue weighted by molar-refractivity contribution is -0.0636. The van der Waals surface area contributed by atoms with Crippen molar-refractivity contribution in [3.05, 3.63) is 55.0 Å². The fourth-order valence-corrected chi connectivity index (χ4v) is 4.93. The monoisotopic (exact) mass is 503 g/mol. The molecule has 0 spiro atoms. The molecular formula is C30H37N3O4. The number of aliphatic hydroxyl groups excluding tert-OH is 1. The molecule has 4 aromatic rings. The quantitative estimate of drug-likeness (QED) is 0.223. The van der Waals surface area contributed by atoms with E-state index in [0.717, 1.165) is 75.9 Å². The largest absolute Gasteiger partial charge is 0.474 e.